The van der Waals surface area contributed by atoms with Crippen molar-refractivity contribution in [3.8, 4) is 11.3 Å². The molecule has 0 atom stereocenters. The van der Waals surface area contributed by atoms with Gasteiger partial charge in [0.15, 0.2) is 0 Å². The van der Waals surface area contributed by atoms with Gasteiger partial charge in [-0.25, -0.2) is 0 Å². The average molecular weight is 566 g/mol. The first-order chi connectivity index (χ1) is 10.8. The van der Waals surface area contributed by atoms with Crippen LogP contribution < -0.4 is 0 Å². The number of pyridine rings is 1. The Bertz CT molecular complexity index is 722. The average Bonchev–Trinajstić information content (AvgIpc) is 2.91. The molecular weight excluding hydrogens is 538 g/mol. The number of benzene rings is 1. The maximum atomic E-state index is 6.94. The van der Waals surface area contributed by atoms with Gasteiger partial charge in [-0.2, -0.15) is 0 Å². The Labute approximate surface area is 202 Å². The molecule has 0 bridgehead atoms. The van der Waals surface area contributed by atoms with E-state index in [0.717, 1.165) is 10.2 Å². The van der Waals surface area contributed by atoms with Gasteiger partial charge in [-0.1, -0.05) is 61.0 Å². The molecule has 0 amide bonds. The van der Waals surface area contributed by atoms with Crippen LogP contribution in [0, 0.1) is 14.9 Å². The Balaban J connectivity index is -0.000000214. The Hall–Kier alpha value is 0.100. The molecule has 3 aromatic rings. The van der Waals surface area contributed by atoms with Crippen LogP contribution in [0.4, 0.5) is 0 Å². The molecule has 2 nitrogen and oxygen atoms in total. The van der Waals surface area contributed by atoms with E-state index in [2.05, 4.69) is 64.2 Å². The Morgan fingerprint density at radius 3 is 2.04 bits per heavy atom. The van der Waals surface area contributed by atoms with Gasteiger partial charge in [-0.15, -0.1) is 64.9 Å². The van der Waals surface area contributed by atoms with Crippen molar-refractivity contribution in [1.82, 2.24) is 4.98 Å². The van der Waals surface area contributed by atoms with Gasteiger partial charge in [0, 0.05) is 16.4 Å². The first-order valence-electron chi connectivity index (χ1n) is 7.10. The maximum absolute atomic E-state index is 6.94. The van der Waals surface area contributed by atoms with Crippen LogP contribution in [0.5, 0.6) is 0 Å². The van der Waals surface area contributed by atoms with E-state index in [1.807, 2.05) is 39.1 Å². The van der Waals surface area contributed by atoms with Gasteiger partial charge in [0.2, 0.25) is 0 Å². The zero-order valence-electron chi connectivity index (χ0n) is 16.3. The van der Waals surface area contributed by atoms with Crippen molar-refractivity contribution in [2.75, 3.05) is 0 Å². The normalized spacial score (nSPS) is 8.74. The number of nitrogens with one attached hydrogen (secondary N) is 1. The van der Waals surface area contributed by atoms with Crippen molar-refractivity contribution < 1.29 is 23.3 Å². The third-order valence-corrected chi connectivity index (χ3v) is 3.13. The predicted molar refractivity (Wildman–Crippen MR) is 128 cm³/mol. The summed E-state index contributed by atoms with van der Waals surface area (Å²) in [5.41, 5.74) is 8.86. The van der Waals surface area contributed by atoms with Gasteiger partial charge in [0.1, 0.15) is 0 Å². The molecule has 0 saturated heterocycles. The third kappa shape index (κ3) is 13.8. The summed E-state index contributed by atoms with van der Waals surface area (Å²) in [5, 5.41) is 2.53. The number of aromatic nitrogens is 1. The fraction of sp³-hybridized carbons (Fsp3) is 0.200. The van der Waals surface area contributed by atoms with E-state index in [1.54, 1.807) is 0 Å². The van der Waals surface area contributed by atoms with Crippen molar-refractivity contribution in [3.63, 3.8) is 0 Å². The fourth-order valence-corrected chi connectivity index (χ4v) is 2.20. The first-order valence-corrected chi connectivity index (χ1v) is 12.1. The molecule has 0 spiro atoms. The molecule has 0 aliphatic carbocycles. The van der Waals surface area contributed by atoms with Gasteiger partial charge in [0.05, 0.1) is 0 Å². The minimum atomic E-state index is -0.250. The molecule has 150 valence electrons. The van der Waals surface area contributed by atoms with Crippen LogP contribution in [0.15, 0.2) is 59.2 Å². The SMILES string of the molecule is Brc1ccnc(-c2cc3ccccc3[cH-]2)c1.CC(C)(C)[NH-].Cl.Cl.[CH3-].[CH3-].[Si]=[Zr]. The number of hydrogen-bond donors (Lipinski definition) is 0. The summed E-state index contributed by atoms with van der Waals surface area (Å²) in [5.74, 6) is 0. The molecule has 2 aromatic carbocycles. The monoisotopic (exact) mass is 562 g/mol. The number of nitrogens with zero attached hydrogens (tertiary/aromatic N) is 1. The Kier molecular flexibility index (Phi) is 21.8. The first kappa shape index (κ1) is 34.6. The summed E-state index contributed by atoms with van der Waals surface area (Å²) in [4.78, 5) is 4.38. The molecule has 0 aliphatic heterocycles. The quantitative estimate of drug-likeness (QED) is 0.221. The zero-order chi connectivity index (χ0) is 17.5. The molecule has 0 fully saturated rings. The summed E-state index contributed by atoms with van der Waals surface area (Å²) < 4.78 is 1.06. The molecule has 3 rings (SSSR count). The van der Waals surface area contributed by atoms with E-state index >= 15 is 0 Å². The molecule has 27 heavy (non-hydrogen) atoms. The summed E-state index contributed by atoms with van der Waals surface area (Å²) in [7, 11) is 0. The van der Waals surface area contributed by atoms with Crippen LogP contribution in [0.3, 0.4) is 0 Å². The van der Waals surface area contributed by atoms with Crippen LogP contribution in [-0.4, -0.2) is 17.4 Å². The van der Waals surface area contributed by atoms with Crippen LogP contribution >= 0.6 is 40.7 Å². The Morgan fingerprint density at radius 2 is 1.56 bits per heavy atom. The third-order valence-electron chi connectivity index (χ3n) is 2.64. The molecule has 0 saturated carbocycles. The van der Waals surface area contributed by atoms with Gasteiger partial charge in [0.25, 0.3) is 0 Å². The zero-order valence-corrected chi connectivity index (χ0v) is 23.0. The van der Waals surface area contributed by atoms with Gasteiger partial charge < -0.3 is 20.6 Å². The van der Waals surface area contributed by atoms with Crippen LogP contribution in [0.2, 0.25) is 0 Å². The minimum absolute atomic E-state index is 0. The molecular formula is C20H27BrCl2N2SiZr-4. The van der Waals surface area contributed by atoms with E-state index in [9.17, 15) is 0 Å². The number of fused-ring (bicyclic) bond motifs is 1. The van der Waals surface area contributed by atoms with E-state index in [4.69, 9.17) is 5.73 Å². The van der Waals surface area contributed by atoms with Crippen LogP contribution in [0.25, 0.3) is 27.8 Å². The second-order valence-corrected chi connectivity index (χ2v) is 6.90. The molecule has 2 radical (unpaired) electrons. The standard InChI is InChI=1S/C14H9BrN.C4H10N.2CH3.2ClH.Si.Zr/c15-13-5-6-16-14(9-13)12-7-10-3-1-2-4-11(10)8-12;1-4(2,3)5;;;;;;/h1-9H;5H,1-3H3;2*1H3;2*1H;;/q4*-1;;;;. The second kappa shape index (κ2) is 17.0. The molecule has 1 aromatic heterocycles. The van der Waals surface area contributed by atoms with Crippen LogP contribution in [0.1, 0.15) is 20.8 Å². The van der Waals surface area contributed by atoms with E-state index < -0.39 is 0 Å². The summed E-state index contributed by atoms with van der Waals surface area (Å²) in [6.45, 7) is 8.62. The molecule has 0 aliphatic rings. The predicted octanol–water partition coefficient (Wildman–Crippen LogP) is 7.58. The number of halogens is 3. The van der Waals surface area contributed by atoms with Crippen molar-refractivity contribution in [2.45, 2.75) is 26.3 Å². The summed E-state index contributed by atoms with van der Waals surface area (Å²) >= 11 is 4.82. The second-order valence-electron chi connectivity index (χ2n) is 5.98. The Morgan fingerprint density at radius 1 is 1.04 bits per heavy atom. The molecule has 7 heteroatoms. The van der Waals surface area contributed by atoms with E-state index in [0.29, 0.717) is 0 Å². The van der Waals surface area contributed by atoms with Crippen molar-refractivity contribution in [2.24, 2.45) is 0 Å². The van der Waals surface area contributed by atoms with Gasteiger partial charge in [-0.3, -0.25) is 4.98 Å². The van der Waals surface area contributed by atoms with Crippen LogP contribution in [-0.2, 0) is 23.3 Å². The molecule has 1 N–H and O–H groups in total. The van der Waals surface area contributed by atoms with Gasteiger partial charge >= 0.3 is 30.2 Å². The number of hydrogen-bond acceptors (Lipinski definition) is 1. The summed E-state index contributed by atoms with van der Waals surface area (Å²) in [6.07, 6.45) is 1.82. The van der Waals surface area contributed by atoms with Crippen molar-refractivity contribution in [1.29, 1.82) is 0 Å². The van der Waals surface area contributed by atoms with Crippen molar-refractivity contribution >= 4 is 58.4 Å². The number of rotatable bonds is 1. The topological polar surface area (TPSA) is 36.7 Å². The van der Waals surface area contributed by atoms with E-state index in [-0.39, 0.29) is 45.2 Å². The molecule has 1 heterocycles. The van der Waals surface area contributed by atoms with Crippen molar-refractivity contribution in [3.05, 3.63) is 79.8 Å². The molecule has 0 unspecified atom stereocenters. The van der Waals surface area contributed by atoms with E-state index in [1.165, 1.54) is 39.7 Å². The summed E-state index contributed by atoms with van der Waals surface area (Å²) in [6, 6.07) is 16.7. The fourth-order valence-electron chi connectivity index (χ4n) is 1.86. The van der Waals surface area contributed by atoms with Gasteiger partial charge in [-0.05, 0) is 6.07 Å².